The zero-order chi connectivity index (χ0) is 14.0. The van der Waals surface area contributed by atoms with Crippen molar-refractivity contribution in [3.05, 3.63) is 27.7 Å². The minimum atomic E-state index is -0.904. The normalized spacial score (nSPS) is 12.4. The molecule has 100 valence electrons. The second-order valence-electron chi connectivity index (χ2n) is 4.02. The van der Waals surface area contributed by atoms with Gasteiger partial charge in [0.1, 0.15) is 0 Å². The second-order valence-corrected chi connectivity index (χ2v) is 5.31. The van der Waals surface area contributed by atoms with Crippen molar-refractivity contribution in [2.45, 2.75) is 19.4 Å². The van der Waals surface area contributed by atoms with Gasteiger partial charge >= 0.3 is 5.97 Å². The molecule has 0 bridgehead atoms. The summed E-state index contributed by atoms with van der Waals surface area (Å²) in [6.45, 7) is 1.74. The Labute approximate surface area is 122 Å². The number of aromatic nitrogens is 4. The first-order valence-electron chi connectivity index (χ1n) is 5.44. The van der Waals surface area contributed by atoms with Crippen molar-refractivity contribution >= 4 is 33.5 Å². The average Bonchev–Trinajstić information content (AvgIpc) is 2.80. The molecule has 0 amide bonds. The monoisotopic (exact) mass is 344 g/mol. The zero-order valence-corrected chi connectivity index (χ0v) is 12.3. The van der Waals surface area contributed by atoms with Crippen LogP contribution in [0.15, 0.2) is 22.7 Å². The molecule has 0 radical (unpaired) electrons. The molecule has 0 saturated carbocycles. The van der Waals surface area contributed by atoms with E-state index in [0.717, 1.165) is 10.0 Å². The summed E-state index contributed by atoms with van der Waals surface area (Å²) in [5.41, 5.74) is 0.717. The van der Waals surface area contributed by atoms with Crippen LogP contribution in [0.4, 0.5) is 0 Å². The number of hydrogen-bond donors (Lipinski definition) is 1. The summed E-state index contributed by atoms with van der Waals surface area (Å²) in [5, 5.41) is 20.8. The fourth-order valence-corrected chi connectivity index (χ4v) is 2.27. The molecule has 1 heterocycles. The number of nitrogens with zero attached hydrogens (tertiary/aromatic N) is 4. The van der Waals surface area contributed by atoms with E-state index in [0.29, 0.717) is 10.8 Å². The van der Waals surface area contributed by atoms with Crippen LogP contribution in [0, 0.1) is 0 Å². The Morgan fingerprint density at radius 3 is 3.00 bits per heavy atom. The molecule has 1 atom stereocenters. The van der Waals surface area contributed by atoms with E-state index >= 15 is 0 Å². The maximum absolute atomic E-state index is 10.8. The first-order valence-corrected chi connectivity index (χ1v) is 6.61. The van der Waals surface area contributed by atoms with Crippen LogP contribution in [-0.2, 0) is 4.79 Å². The summed E-state index contributed by atoms with van der Waals surface area (Å²) in [6, 6.07) is 4.90. The van der Waals surface area contributed by atoms with Crippen LogP contribution in [0.5, 0.6) is 0 Å². The summed E-state index contributed by atoms with van der Waals surface area (Å²) in [4.78, 5) is 10.8. The summed E-state index contributed by atoms with van der Waals surface area (Å²) in [6.07, 6.45) is -0.0593. The van der Waals surface area contributed by atoms with Gasteiger partial charge in [-0.2, -0.15) is 0 Å². The van der Waals surface area contributed by atoms with Gasteiger partial charge in [0.2, 0.25) is 0 Å². The number of hydrogen-bond acceptors (Lipinski definition) is 4. The highest BCUT2D eigenvalue weighted by atomic mass is 79.9. The van der Waals surface area contributed by atoms with Crippen molar-refractivity contribution in [2.75, 3.05) is 0 Å². The van der Waals surface area contributed by atoms with E-state index in [2.05, 4.69) is 31.5 Å². The third kappa shape index (κ3) is 3.10. The molecule has 19 heavy (non-hydrogen) atoms. The fraction of sp³-hybridized carbons (Fsp3) is 0.273. The first kappa shape index (κ1) is 14.0. The quantitative estimate of drug-likeness (QED) is 0.921. The van der Waals surface area contributed by atoms with Crippen LogP contribution >= 0.6 is 27.5 Å². The highest BCUT2D eigenvalue weighted by Crippen LogP contribution is 2.30. The predicted octanol–water partition coefficient (Wildman–Crippen LogP) is 2.79. The minimum absolute atomic E-state index is 0.0593. The van der Waals surface area contributed by atoms with Crippen molar-refractivity contribution in [1.29, 1.82) is 0 Å². The Hall–Kier alpha value is -1.47. The topological polar surface area (TPSA) is 80.9 Å². The Balaban J connectivity index is 2.44. The van der Waals surface area contributed by atoms with Crippen LogP contribution in [0.1, 0.15) is 19.4 Å². The van der Waals surface area contributed by atoms with Crippen LogP contribution in [0.25, 0.3) is 11.4 Å². The number of halogens is 2. The standard InChI is InChI=1S/C11H10BrClN4O2/c1-6(4-10(18)19)17-11(14-15-16-17)8-5-7(13)2-3-9(8)12/h2-3,5-6H,4H2,1H3,(H,18,19). The molecule has 2 aromatic rings. The van der Waals surface area contributed by atoms with Crippen molar-refractivity contribution < 1.29 is 9.90 Å². The molecule has 0 aliphatic heterocycles. The molecule has 0 spiro atoms. The molecule has 0 saturated heterocycles. The predicted molar refractivity (Wildman–Crippen MR) is 72.9 cm³/mol. The molecule has 1 aromatic heterocycles. The van der Waals surface area contributed by atoms with Gasteiger partial charge in [-0.05, 0) is 35.5 Å². The molecular weight excluding hydrogens is 336 g/mol. The minimum Gasteiger partial charge on any atom is -0.481 e. The molecule has 2 rings (SSSR count). The van der Waals surface area contributed by atoms with E-state index < -0.39 is 5.97 Å². The largest absolute Gasteiger partial charge is 0.481 e. The number of aliphatic carboxylic acids is 1. The van der Waals surface area contributed by atoms with Crippen LogP contribution in [0.2, 0.25) is 5.02 Å². The Kier molecular flexibility index (Phi) is 4.16. The molecule has 0 aliphatic carbocycles. The van der Waals surface area contributed by atoms with Crippen molar-refractivity contribution in [3.8, 4) is 11.4 Å². The first-order chi connectivity index (χ1) is 8.99. The number of carbonyl (C=O) groups is 1. The van der Waals surface area contributed by atoms with Gasteiger partial charge in [-0.3, -0.25) is 4.79 Å². The number of carboxylic acid groups (broad SMARTS) is 1. The van der Waals surface area contributed by atoms with E-state index in [-0.39, 0.29) is 12.5 Å². The van der Waals surface area contributed by atoms with E-state index in [1.54, 1.807) is 25.1 Å². The summed E-state index contributed by atoms with van der Waals surface area (Å²) in [5.74, 6) is -0.428. The van der Waals surface area contributed by atoms with Gasteiger partial charge < -0.3 is 5.11 Å². The van der Waals surface area contributed by atoms with Crippen LogP contribution in [-0.4, -0.2) is 31.3 Å². The third-order valence-electron chi connectivity index (χ3n) is 2.55. The summed E-state index contributed by atoms with van der Waals surface area (Å²) < 4.78 is 2.26. The Bertz CT molecular complexity index is 616. The van der Waals surface area contributed by atoms with E-state index in [4.69, 9.17) is 16.7 Å². The number of carboxylic acids is 1. The summed E-state index contributed by atoms with van der Waals surface area (Å²) in [7, 11) is 0. The third-order valence-corrected chi connectivity index (χ3v) is 3.48. The van der Waals surface area contributed by atoms with Crippen molar-refractivity contribution in [2.24, 2.45) is 0 Å². The molecule has 1 aromatic carbocycles. The van der Waals surface area contributed by atoms with Gasteiger partial charge in [0.15, 0.2) is 5.82 Å². The van der Waals surface area contributed by atoms with Crippen LogP contribution in [0.3, 0.4) is 0 Å². The lowest BCUT2D eigenvalue weighted by Gasteiger charge is -2.12. The molecule has 6 nitrogen and oxygen atoms in total. The van der Waals surface area contributed by atoms with Gasteiger partial charge in [-0.15, -0.1) is 5.10 Å². The lowest BCUT2D eigenvalue weighted by molar-refractivity contribution is -0.137. The maximum atomic E-state index is 10.8. The van der Waals surface area contributed by atoms with Crippen molar-refractivity contribution in [3.63, 3.8) is 0 Å². The average molecular weight is 346 g/mol. The highest BCUT2D eigenvalue weighted by Gasteiger charge is 2.18. The van der Waals surface area contributed by atoms with Gasteiger partial charge in [0.05, 0.1) is 12.5 Å². The van der Waals surface area contributed by atoms with E-state index in [1.807, 2.05) is 0 Å². The fourth-order valence-electron chi connectivity index (χ4n) is 1.68. The number of benzene rings is 1. The molecule has 0 aliphatic rings. The summed E-state index contributed by atoms with van der Waals surface area (Å²) >= 11 is 9.36. The van der Waals surface area contributed by atoms with Gasteiger partial charge in [0, 0.05) is 15.1 Å². The lowest BCUT2D eigenvalue weighted by atomic mass is 10.2. The van der Waals surface area contributed by atoms with Gasteiger partial charge in [-0.1, -0.05) is 27.5 Å². The number of tetrazole rings is 1. The molecule has 1 N–H and O–H groups in total. The van der Waals surface area contributed by atoms with Crippen LogP contribution < -0.4 is 0 Å². The molecular formula is C11H10BrClN4O2. The Morgan fingerprint density at radius 2 is 2.32 bits per heavy atom. The molecule has 0 fully saturated rings. The Morgan fingerprint density at radius 1 is 1.58 bits per heavy atom. The maximum Gasteiger partial charge on any atom is 0.305 e. The highest BCUT2D eigenvalue weighted by molar-refractivity contribution is 9.10. The molecule has 8 heteroatoms. The lowest BCUT2D eigenvalue weighted by Crippen LogP contribution is -2.13. The number of rotatable bonds is 4. The van der Waals surface area contributed by atoms with Gasteiger partial charge in [-0.25, -0.2) is 4.68 Å². The SMILES string of the molecule is CC(CC(=O)O)n1nnnc1-c1cc(Cl)ccc1Br. The van der Waals surface area contributed by atoms with E-state index in [1.165, 1.54) is 4.68 Å². The second kappa shape index (κ2) is 5.66. The van der Waals surface area contributed by atoms with Crippen molar-refractivity contribution in [1.82, 2.24) is 20.2 Å². The zero-order valence-electron chi connectivity index (χ0n) is 9.92. The molecule has 1 unspecified atom stereocenters. The van der Waals surface area contributed by atoms with Gasteiger partial charge in [0.25, 0.3) is 0 Å². The van der Waals surface area contributed by atoms with E-state index in [9.17, 15) is 4.79 Å². The smallest absolute Gasteiger partial charge is 0.305 e.